The molecule has 1 spiro atoms. The Morgan fingerprint density at radius 3 is 2.57 bits per heavy atom. The Balaban J connectivity index is 1.87. The third-order valence-electron chi connectivity index (χ3n) is 4.55. The van der Waals surface area contributed by atoms with E-state index in [-0.39, 0.29) is 5.41 Å². The van der Waals surface area contributed by atoms with Crippen LogP contribution >= 0.6 is 11.6 Å². The SMILES string of the molecule is Nc1ccc(-c2cnc3c(c2Cl)C2(CC=CC2)CN3)cc1. The molecule has 2 heterocycles. The molecule has 0 saturated heterocycles. The number of rotatable bonds is 1. The molecule has 0 bridgehead atoms. The van der Waals surface area contributed by atoms with Gasteiger partial charge in [-0.15, -0.1) is 0 Å². The van der Waals surface area contributed by atoms with Crippen molar-refractivity contribution < 1.29 is 0 Å². The van der Waals surface area contributed by atoms with Crippen molar-refractivity contribution in [3.63, 3.8) is 0 Å². The Kier molecular flexibility index (Phi) is 2.73. The molecule has 3 N–H and O–H groups in total. The maximum atomic E-state index is 6.76. The number of nitrogens with two attached hydrogens (primary N) is 1. The first-order valence-corrected chi connectivity index (χ1v) is 7.51. The van der Waals surface area contributed by atoms with E-state index in [1.54, 1.807) is 0 Å². The van der Waals surface area contributed by atoms with Crippen molar-refractivity contribution in [3.05, 3.63) is 53.2 Å². The van der Waals surface area contributed by atoms with Gasteiger partial charge in [0.15, 0.2) is 0 Å². The molecule has 0 atom stereocenters. The second kappa shape index (κ2) is 4.50. The van der Waals surface area contributed by atoms with Gasteiger partial charge in [-0.25, -0.2) is 4.98 Å². The molecule has 106 valence electrons. The summed E-state index contributed by atoms with van der Waals surface area (Å²) < 4.78 is 0. The van der Waals surface area contributed by atoms with E-state index in [2.05, 4.69) is 22.5 Å². The zero-order chi connectivity index (χ0) is 14.4. The second-order valence-corrected chi connectivity index (χ2v) is 6.22. The van der Waals surface area contributed by atoms with Crippen molar-refractivity contribution in [1.29, 1.82) is 0 Å². The third kappa shape index (κ3) is 1.84. The summed E-state index contributed by atoms with van der Waals surface area (Å²) in [6.07, 6.45) is 8.38. The molecule has 4 rings (SSSR count). The van der Waals surface area contributed by atoms with Gasteiger partial charge in [-0.05, 0) is 30.5 Å². The van der Waals surface area contributed by atoms with E-state index in [1.807, 2.05) is 30.5 Å². The predicted octanol–water partition coefficient (Wildman–Crippen LogP) is 4.00. The second-order valence-electron chi connectivity index (χ2n) is 5.85. The molecule has 1 aliphatic heterocycles. The molecule has 2 aliphatic rings. The lowest BCUT2D eigenvalue weighted by molar-refractivity contribution is 0.509. The van der Waals surface area contributed by atoms with Gasteiger partial charge in [0.2, 0.25) is 0 Å². The molecule has 1 aromatic carbocycles. The van der Waals surface area contributed by atoms with Crippen molar-refractivity contribution in [2.75, 3.05) is 17.6 Å². The lowest BCUT2D eigenvalue weighted by atomic mass is 9.80. The molecule has 4 heteroatoms. The molecule has 2 aromatic rings. The molecule has 21 heavy (non-hydrogen) atoms. The number of nitrogens with one attached hydrogen (secondary N) is 1. The van der Waals surface area contributed by atoms with Crippen molar-refractivity contribution >= 4 is 23.1 Å². The van der Waals surface area contributed by atoms with E-state index in [1.165, 1.54) is 5.56 Å². The summed E-state index contributed by atoms with van der Waals surface area (Å²) in [5.74, 6) is 0.933. The number of nitrogens with zero attached hydrogens (tertiary/aromatic N) is 1. The number of aromatic nitrogens is 1. The summed E-state index contributed by atoms with van der Waals surface area (Å²) in [7, 11) is 0. The van der Waals surface area contributed by atoms with Crippen LogP contribution in [0.5, 0.6) is 0 Å². The minimum atomic E-state index is 0.0865. The molecular formula is C17H16ClN3. The molecule has 3 nitrogen and oxygen atoms in total. The maximum Gasteiger partial charge on any atom is 0.131 e. The smallest absolute Gasteiger partial charge is 0.131 e. The number of allylic oxidation sites excluding steroid dienone is 2. The molecular weight excluding hydrogens is 282 g/mol. The highest BCUT2D eigenvalue weighted by Crippen LogP contribution is 2.49. The van der Waals surface area contributed by atoms with Crippen LogP contribution in [-0.2, 0) is 5.41 Å². The Labute approximate surface area is 128 Å². The standard InChI is InChI=1S/C17H16ClN3/c18-15-13(11-3-5-12(19)6-4-11)9-20-16-14(15)17(10-21-16)7-1-2-8-17/h1-6,9H,7-8,10,19H2,(H,20,21). The van der Waals surface area contributed by atoms with Crippen LogP contribution in [-0.4, -0.2) is 11.5 Å². The average molecular weight is 298 g/mol. The summed E-state index contributed by atoms with van der Waals surface area (Å²) in [5.41, 5.74) is 9.80. The van der Waals surface area contributed by atoms with E-state index < -0.39 is 0 Å². The first-order chi connectivity index (χ1) is 10.2. The quantitative estimate of drug-likeness (QED) is 0.618. The molecule has 1 aromatic heterocycles. The summed E-state index contributed by atoms with van der Waals surface area (Å²) >= 11 is 6.76. The van der Waals surface area contributed by atoms with Crippen molar-refractivity contribution in [2.24, 2.45) is 0 Å². The highest BCUT2D eigenvalue weighted by molar-refractivity contribution is 6.34. The summed E-state index contributed by atoms with van der Waals surface area (Å²) in [6, 6.07) is 7.77. The van der Waals surface area contributed by atoms with Gasteiger partial charge in [0.1, 0.15) is 5.82 Å². The summed E-state index contributed by atoms with van der Waals surface area (Å²) in [6.45, 7) is 0.910. The van der Waals surface area contributed by atoms with Crippen LogP contribution in [0.4, 0.5) is 11.5 Å². The lowest BCUT2D eigenvalue weighted by Crippen LogP contribution is -2.25. The van der Waals surface area contributed by atoms with Gasteiger partial charge in [-0.1, -0.05) is 35.9 Å². The van der Waals surface area contributed by atoms with Gasteiger partial charge in [-0.2, -0.15) is 0 Å². The fraction of sp³-hybridized carbons (Fsp3) is 0.235. The first-order valence-electron chi connectivity index (χ1n) is 7.13. The molecule has 0 saturated carbocycles. The van der Waals surface area contributed by atoms with Crippen LogP contribution in [0.2, 0.25) is 5.02 Å². The van der Waals surface area contributed by atoms with Crippen LogP contribution in [0.3, 0.4) is 0 Å². The number of halogens is 1. The van der Waals surface area contributed by atoms with E-state index in [4.69, 9.17) is 17.3 Å². The Morgan fingerprint density at radius 2 is 1.86 bits per heavy atom. The molecule has 0 unspecified atom stereocenters. The van der Waals surface area contributed by atoms with Crippen molar-refractivity contribution in [1.82, 2.24) is 4.98 Å². The summed E-state index contributed by atoms with van der Waals surface area (Å²) in [4.78, 5) is 4.58. The predicted molar refractivity (Wildman–Crippen MR) is 87.6 cm³/mol. The molecule has 0 fully saturated rings. The average Bonchev–Trinajstić information content (AvgIpc) is 3.10. The summed E-state index contributed by atoms with van der Waals surface area (Å²) in [5, 5.41) is 4.22. The van der Waals surface area contributed by atoms with E-state index in [0.29, 0.717) is 0 Å². The normalized spacial score (nSPS) is 18.0. The molecule has 0 amide bonds. The Morgan fingerprint density at radius 1 is 1.14 bits per heavy atom. The Bertz CT molecular complexity index is 726. The topological polar surface area (TPSA) is 50.9 Å². The fourth-order valence-corrected chi connectivity index (χ4v) is 3.81. The van der Waals surface area contributed by atoms with Gasteiger partial charge in [0.25, 0.3) is 0 Å². The Hall–Kier alpha value is -2.00. The third-order valence-corrected chi connectivity index (χ3v) is 4.94. The number of fused-ring (bicyclic) bond motifs is 2. The van der Waals surface area contributed by atoms with Gasteiger partial charge < -0.3 is 11.1 Å². The molecule has 0 radical (unpaired) electrons. The zero-order valence-electron chi connectivity index (χ0n) is 11.6. The van der Waals surface area contributed by atoms with E-state index >= 15 is 0 Å². The number of hydrogen-bond acceptors (Lipinski definition) is 3. The maximum absolute atomic E-state index is 6.76. The van der Waals surface area contributed by atoms with Crippen molar-refractivity contribution in [3.8, 4) is 11.1 Å². The minimum Gasteiger partial charge on any atom is -0.399 e. The van der Waals surface area contributed by atoms with Gasteiger partial charge in [0, 0.05) is 35.0 Å². The van der Waals surface area contributed by atoms with Gasteiger partial charge in [-0.3, -0.25) is 0 Å². The van der Waals surface area contributed by atoms with Crippen LogP contribution in [0.1, 0.15) is 18.4 Å². The highest BCUT2D eigenvalue weighted by atomic mass is 35.5. The zero-order valence-corrected chi connectivity index (χ0v) is 12.3. The molecule has 1 aliphatic carbocycles. The lowest BCUT2D eigenvalue weighted by Gasteiger charge is -2.24. The number of benzene rings is 1. The van der Waals surface area contributed by atoms with Crippen LogP contribution in [0.25, 0.3) is 11.1 Å². The number of pyridine rings is 1. The van der Waals surface area contributed by atoms with Gasteiger partial charge >= 0.3 is 0 Å². The van der Waals surface area contributed by atoms with Crippen LogP contribution in [0.15, 0.2) is 42.6 Å². The van der Waals surface area contributed by atoms with Crippen LogP contribution in [0, 0.1) is 0 Å². The number of hydrogen-bond donors (Lipinski definition) is 2. The fourth-order valence-electron chi connectivity index (χ4n) is 3.36. The minimum absolute atomic E-state index is 0.0865. The number of anilines is 2. The van der Waals surface area contributed by atoms with Gasteiger partial charge in [0.05, 0.1) is 5.02 Å². The van der Waals surface area contributed by atoms with Crippen LogP contribution < -0.4 is 11.1 Å². The largest absolute Gasteiger partial charge is 0.399 e. The van der Waals surface area contributed by atoms with E-state index in [9.17, 15) is 0 Å². The first kappa shape index (κ1) is 12.7. The monoisotopic (exact) mass is 297 g/mol. The van der Waals surface area contributed by atoms with E-state index in [0.717, 1.165) is 47.0 Å². The highest BCUT2D eigenvalue weighted by Gasteiger charge is 2.42. The number of nitrogen functional groups attached to an aromatic ring is 1. The van der Waals surface area contributed by atoms with Crippen molar-refractivity contribution in [2.45, 2.75) is 18.3 Å².